The number of hydrogen-bond donors (Lipinski definition) is 0. The number of carbonyl (C=O) groups is 1. The Morgan fingerprint density at radius 2 is 1.30 bits per heavy atom. The maximum absolute atomic E-state index is 15.3. The van der Waals surface area contributed by atoms with Gasteiger partial charge in [-0.25, -0.2) is 4.57 Å². The van der Waals surface area contributed by atoms with Crippen molar-refractivity contribution < 1.29 is 54.8 Å². The van der Waals surface area contributed by atoms with Gasteiger partial charge in [-0.05, 0) is 38.8 Å². The number of ketones is 1. The standard InChI is InChI=1S/C26H34F2O10P2/c1-5-32-39(30,33-6-2)26(27,28)24(29)23-22(37-25(3,4)38-23)19-36-40(31,34-17-20-13-9-7-10-14-20)35-18-21-15-11-8-12-16-21/h7-16,22-23H,5-6,17-19H2,1-4H3/t22-,23+/m1/s1. The number of rotatable bonds is 16. The Morgan fingerprint density at radius 1 is 0.825 bits per heavy atom. The minimum Gasteiger partial charge on any atom is -0.342 e. The zero-order valence-electron chi connectivity index (χ0n) is 22.7. The van der Waals surface area contributed by atoms with Crippen LogP contribution in [0, 0.1) is 0 Å². The quantitative estimate of drug-likeness (QED) is 0.196. The second-order valence-corrected chi connectivity index (χ2v) is 12.8. The van der Waals surface area contributed by atoms with E-state index in [4.69, 9.17) is 32.1 Å². The van der Waals surface area contributed by atoms with Gasteiger partial charge in [-0.15, -0.1) is 0 Å². The maximum atomic E-state index is 15.3. The van der Waals surface area contributed by atoms with E-state index in [1.807, 2.05) is 0 Å². The van der Waals surface area contributed by atoms with Crippen LogP contribution >= 0.6 is 15.4 Å². The number of phosphoric acid groups is 1. The van der Waals surface area contributed by atoms with Crippen LogP contribution in [0.1, 0.15) is 38.8 Å². The first-order valence-electron chi connectivity index (χ1n) is 12.6. The van der Waals surface area contributed by atoms with Crippen molar-refractivity contribution in [2.75, 3.05) is 19.8 Å². The van der Waals surface area contributed by atoms with Crippen molar-refractivity contribution in [2.45, 2.75) is 64.6 Å². The number of halogens is 2. The van der Waals surface area contributed by atoms with Gasteiger partial charge >= 0.3 is 21.1 Å². The molecule has 14 heteroatoms. The van der Waals surface area contributed by atoms with Gasteiger partial charge < -0.3 is 18.5 Å². The first-order chi connectivity index (χ1) is 18.8. The number of alkyl halides is 2. The predicted molar refractivity (Wildman–Crippen MR) is 141 cm³/mol. The van der Waals surface area contributed by atoms with Crippen LogP contribution in [0.3, 0.4) is 0 Å². The lowest BCUT2D eigenvalue weighted by Gasteiger charge is -2.27. The summed E-state index contributed by atoms with van der Waals surface area (Å²) >= 11 is 0. The highest BCUT2D eigenvalue weighted by atomic mass is 31.2. The molecule has 0 N–H and O–H groups in total. The van der Waals surface area contributed by atoms with E-state index >= 15 is 8.78 Å². The van der Waals surface area contributed by atoms with Crippen molar-refractivity contribution >= 4 is 21.2 Å². The predicted octanol–water partition coefficient (Wildman–Crippen LogP) is 6.49. The summed E-state index contributed by atoms with van der Waals surface area (Å²) in [4.78, 5) is 13.0. The van der Waals surface area contributed by atoms with Gasteiger partial charge in [0.05, 0.1) is 33.0 Å². The molecule has 0 spiro atoms. The van der Waals surface area contributed by atoms with Crippen LogP contribution < -0.4 is 0 Å². The van der Waals surface area contributed by atoms with E-state index in [2.05, 4.69) is 0 Å². The van der Waals surface area contributed by atoms with Gasteiger partial charge in [0.2, 0.25) is 5.78 Å². The summed E-state index contributed by atoms with van der Waals surface area (Å²) in [6, 6.07) is 17.6. The lowest BCUT2D eigenvalue weighted by Crippen LogP contribution is -2.45. The molecule has 222 valence electrons. The number of benzene rings is 2. The molecular weight excluding hydrogens is 572 g/mol. The second-order valence-electron chi connectivity index (χ2n) is 9.09. The molecule has 2 aromatic carbocycles. The Balaban J connectivity index is 1.80. The van der Waals surface area contributed by atoms with E-state index in [-0.39, 0.29) is 26.4 Å². The summed E-state index contributed by atoms with van der Waals surface area (Å²) in [5.74, 6) is -3.40. The van der Waals surface area contributed by atoms with E-state index in [1.165, 1.54) is 27.7 Å². The largest absolute Gasteiger partial charge is 0.475 e. The second kappa shape index (κ2) is 13.9. The van der Waals surface area contributed by atoms with Crippen molar-refractivity contribution in [3.63, 3.8) is 0 Å². The molecule has 0 unspecified atom stereocenters. The molecule has 0 aromatic heterocycles. The Labute approximate surface area is 232 Å². The van der Waals surface area contributed by atoms with Crippen LogP contribution in [0.5, 0.6) is 0 Å². The maximum Gasteiger partial charge on any atom is 0.475 e. The van der Waals surface area contributed by atoms with Gasteiger partial charge in [-0.1, -0.05) is 60.7 Å². The molecule has 1 heterocycles. The molecule has 0 amide bonds. The monoisotopic (exact) mass is 606 g/mol. The molecule has 10 nitrogen and oxygen atoms in total. The third kappa shape index (κ3) is 8.35. The van der Waals surface area contributed by atoms with Gasteiger partial charge in [0.15, 0.2) is 11.9 Å². The third-order valence-corrected chi connectivity index (χ3v) is 9.00. The minimum atomic E-state index is -5.20. The number of Topliss-reactive ketones (excluding diaryl/α,β-unsaturated/α-hetero) is 1. The van der Waals surface area contributed by atoms with Crippen LogP contribution in [0.15, 0.2) is 60.7 Å². The molecule has 1 aliphatic heterocycles. The minimum absolute atomic E-state index is 0.146. The Hall–Kier alpha value is -1.85. The molecule has 0 aliphatic carbocycles. The van der Waals surface area contributed by atoms with Gasteiger partial charge in [-0.3, -0.25) is 22.9 Å². The van der Waals surface area contributed by atoms with E-state index in [1.54, 1.807) is 60.7 Å². The normalized spacial score (nSPS) is 19.6. The topological polar surface area (TPSA) is 116 Å². The third-order valence-electron chi connectivity index (χ3n) is 5.54. The SMILES string of the molecule is CCOP(=O)(OCC)C(F)(F)C(=O)[C@H]1OC(C)(C)O[C@@H]1COP(=O)(OCc1ccccc1)OCc1ccccc1. The van der Waals surface area contributed by atoms with Crippen molar-refractivity contribution in [3.05, 3.63) is 71.8 Å². The van der Waals surface area contributed by atoms with Gasteiger partial charge in [0.25, 0.3) is 0 Å². The fourth-order valence-electron chi connectivity index (χ4n) is 3.76. The average Bonchev–Trinajstić information content (AvgIpc) is 3.25. The van der Waals surface area contributed by atoms with Gasteiger partial charge in [0, 0.05) is 0 Å². The van der Waals surface area contributed by atoms with E-state index in [9.17, 15) is 13.9 Å². The molecule has 0 bridgehead atoms. The van der Waals surface area contributed by atoms with E-state index < -0.39 is 51.5 Å². The summed E-state index contributed by atoms with van der Waals surface area (Å²) in [6.07, 6.45) is -3.45. The highest BCUT2D eigenvalue weighted by Gasteiger charge is 2.64. The lowest BCUT2D eigenvalue weighted by atomic mass is 10.1. The molecule has 40 heavy (non-hydrogen) atoms. The highest BCUT2D eigenvalue weighted by Crippen LogP contribution is 2.63. The van der Waals surface area contributed by atoms with Crippen LogP contribution in [0.4, 0.5) is 8.78 Å². The molecule has 0 saturated carbocycles. The van der Waals surface area contributed by atoms with E-state index in [0.717, 1.165) is 0 Å². The fraction of sp³-hybridized carbons (Fsp3) is 0.500. The molecule has 1 fully saturated rings. The molecule has 1 aliphatic rings. The first-order valence-corrected chi connectivity index (χ1v) is 15.6. The number of ether oxygens (including phenoxy) is 2. The molecule has 3 rings (SSSR count). The van der Waals surface area contributed by atoms with Crippen molar-refractivity contribution in [3.8, 4) is 0 Å². The molecule has 2 atom stereocenters. The fourth-order valence-corrected chi connectivity index (χ4v) is 6.40. The molecule has 0 radical (unpaired) electrons. The van der Waals surface area contributed by atoms with Crippen LogP contribution in [0.2, 0.25) is 0 Å². The first kappa shape index (κ1) is 32.7. The number of phosphoric ester groups is 1. The van der Waals surface area contributed by atoms with Gasteiger partial charge in [0.1, 0.15) is 6.10 Å². The highest BCUT2D eigenvalue weighted by molar-refractivity contribution is 7.56. The average molecular weight is 606 g/mol. The summed E-state index contributed by atoms with van der Waals surface area (Å²) in [5.41, 5.74) is -3.22. The Kier molecular flexibility index (Phi) is 11.3. The number of hydrogen-bond acceptors (Lipinski definition) is 10. The summed E-state index contributed by atoms with van der Waals surface area (Å²) in [7, 11) is -9.54. The summed E-state index contributed by atoms with van der Waals surface area (Å²) in [6.45, 7) is 3.71. The van der Waals surface area contributed by atoms with Crippen molar-refractivity contribution in [2.24, 2.45) is 0 Å². The summed E-state index contributed by atoms with van der Waals surface area (Å²) in [5, 5.41) is 0. The zero-order valence-corrected chi connectivity index (χ0v) is 24.5. The summed E-state index contributed by atoms with van der Waals surface area (Å²) < 4.78 is 94.0. The molecule has 1 saturated heterocycles. The smallest absolute Gasteiger partial charge is 0.342 e. The molecule has 2 aromatic rings. The Morgan fingerprint density at radius 3 is 1.75 bits per heavy atom. The van der Waals surface area contributed by atoms with Crippen molar-refractivity contribution in [1.82, 2.24) is 0 Å². The van der Waals surface area contributed by atoms with Crippen LogP contribution in [-0.4, -0.2) is 49.3 Å². The van der Waals surface area contributed by atoms with Gasteiger partial charge in [-0.2, -0.15) is 8.78 Å². The van der Waals surface area contributed by atoms with Crippen LogP contribution in [0.25, 0.3) is 0 Å². The van der Waals surface area contributed by atoms with Crippen molar-refractivity contribution in [1.29, 1.82) is 0 Å². The Bertz CT molecular complexity index is 1140. The molecular formula is C26H34F2O10P2. The zero-order chi connectivity index (χ0) is 29.4. The number of carbonyl (C=O) groups excluding carboxylic acids is 1. The van der Waals surface area contributed by atoms with E-state index in [0.29, 0.717) is 11.1 Å². The van der Waals surface area contributed by atoms with Crippen LogP contribution in [-0.2, 0) is 59.2 Å². The lowest BCUT2D eigenvalue weighted by molar-refractivity contribution is -0.164.